The van der Waals surface area contributed by atoms with Gasteiger partial charge in [-0.25, -0.2) is 0 Å². The molecular formula is C6H2F3I9. The van der Waals surface area contributed by atoms with E-state index in [1.807, 2.05) is 0 Å². The van der Waals surface area contributed by atoms with Gasteiger partial charge in [0, 0.05) is 6.42 Å². The molecule has 0 aromatic rings. The van der Waals surface area contributed by atoms with Crippen LogP contribution in [0, 0.1) is 0 Å². The van der Waals surface area contributed by atoms with Gasteiger partial charge in [-0.15, -0.1) is 0 Å². The summed E-state index contributed by atoms with van der Waals surface area (Å²) in [7, 11) is 0. The van der Waals surface area contributed by atoms with Gasteiger partial charge in [-0.2, -0.15) is 13.2 Å². The molecule has 0 bridgehead atoms. The number of rotatable bonds is 4. The van der Waals surface area contributed by atoms with Crippen molar-refractivity contribution in [1.29, 1.82) is 0 Å². The van der Waals surface area contributed by atoms with E-state index < -0.39 is 9.03 Å². The van der Waals surface area contributed by atoms with Crippen LogP contribution in [0.5, 0.6) is 0 Å². The van der Waals surface area contributed by atoms with Gasteiger partial charge in [-0.05, 0) is 0 Å². The normalized spacial score (nSPS) is 16.0. The van der Waals surface area contributed by atoms with Crippen molar-refractivity contribution in [2.45, 2.75) is 16.3 Å². The molecule has 12 heteroatoms. The molecule has 0 aromatic carbocycles. The maximum Gasteiger partial charge on any atom is 0.412 e. The summed E-state index contributed by atoms with van der Waals surface area (Å²) in [6.45, 7) is 0. The van der Waals surface area contributed by atoms with Crippen LogP contribution in [-0.2, 0) is 0 Å². The van der Waals surface area contributed by atoms with Gasteiger partial charge < -0.3 is 0 Å². The lowest BCUT2D eigenvalue weighted by molar-refractivity contribution is -0.129. The summed E-state index contributed by atoms with van der Waals surface area (Å²) in [5.41, 5.74) is 0. The molecular weight excluding hydrogens is 1270 g/mol. The van der Waals surface area contributed by atoms with Crippen molar-refractivity contribution in [3.63, 3.8) is 0 Å². The molecule has 110 valence electrons. The van der Waals surface area contributed by atoms with Gasteiger partial charge >= 0.3 is 6.18 Å². The number of alkyl halides is 12. The molecule has 0 rings (SSSR count). The van der Waals surface area contributed by atoms with Gasteiger partial charge in [-0.3, -0.25) is 0 Å². The molecule has 0 nitrogen and oxygen atoms in total. The maximum atomic E-state index is 13.0. The van der Waals surface area contributed by atoms with Crippen molar-refractivity contribution in [2.24, 2.45) is 0 Å². The Morgan fingerprint density at radius 1 is 0.611 bits per heavy atom. The molecule has 0 aliphatic heterocycles. The van der Waals surface area contributed by atoms with E-state index in [2.05, 4.69) is 158 Å². The zero-order valence-electron chi connectivity index (χ0n) is 7.74. The van der Waals surface area contributed by atoms with Crippen LogP contribution in [-0.4, -0.2) is 9.90 Å². The quantitative estimate of drug-likeness (QED) is 0.196. The fourth-order valence-electron chi connectivity index (χ4n) is 0.697. The second-order valence-corrected chi connectivity index (χ2v) is 31.0. The van der Waals surface area contributed by atoms with Gasteiger partial charge in [0.1, 0.15) is 2.29 Å². The van der Waals surface area contributed by atoms with Gasteiger partial charge in [0.05, 0.1) is 0 Å². The molecule has 0 heterocycles. The van der Waals surface area contributed by atoms with Gasteiger partial charge in [0.15, 0.2) is 1.43 Å². The Kier molecular flexibility index (Phi) is 11.3. The fourth-order valence-corrected chi connectivity index (χ4v) is 11.6. The highest BCUT2D eigenvalue weighted by Crippen LogP contribution is 2.67. The maximum absolute atomic E-state index is 13.0. The first-order valence-electron chi connectivity index (χ1n) is 3.72. The van der Waals surface area contributed by atoms with Crippen LogP contribution in [0.1, 0.15) is 6.42 Å². The molecule has 0 radical (unpaired) electrons. The van der Waals surface area contributed by atoms with E-state index in [1.54, 1.807) is 0 Å². The van der Waals surface area contributed by atoms with Crippen molar-refractivity contribution in [3.05, 3.63) is 0 Å². The molecule has 0 spiro atoms. The molecule has 0 aliphatic carbocycles. The van der Waals surface area contributed by atoms with E-state index in [0.29, 0.717) is 0 Å². The van der Waals surface area contributed by atoms with Crippen molar-refractivity contribution < 1.29 is 13.2 Å². The largest absolute Gasteiger partial charge is 0.412 e. The predicted molar refractivity (Wildman–Crippen MR) is 148 cm³/mol. The third-order valence-electron chi connectivity index (χ3n) is 1.67. The lowest BCUT2D eigenvalue weighted by Crippen LogP contribution is -2.49. The number of halogens is 12. The number of hydrogen-bond acceptors (Lipinski definition) is 0. The Hall–Kier alpha value is 6.36. The van der Waals surface area contributed by atoms with Crippen molar-refractivity contribution in [1.82, 2.24) is 0 Å². The van der Waals surface area contributed by atoms with Crippen LogP contribution < -0.4 is 0 Å². The summed E-state index contributed by atoms with van der Waals surface area (Å²) in [4.78, 5) is 0. The van der Waals surface area contributed by atoms with E-state index >= 15 is 0 Å². The van der Waals surface area contributed by atoms with Crippen molar-refractivity contribution in [2.75, 3.05) is 0 Å². The minimum atomic E-state index is -4.20. The molecule has 0 saturated carbocycles. The zero-order valence-corrected chi connectivity index (χ0v) is 27.2. The summed E-state index contributed by atoms with van der Waals surface area (Å²) in [6.07, 6.45) is -4.15. The van der Waals surface area contributed by atoms with E-state index in [9.17, 15) is 13.2 Å². The second kappa shape index (κ2) is 8.37. The second-order valence-electron chi connectivity index (χ2n) is 3.16. The fraction of sp³-hybridized carbons (Fsp3) is 1.00. The third-order valence-corrected chi connectivity index (χ3v) is 22.2. The molecule has 0 N–H and O–H groups in total. The van der Waals surface area contributed by atoms with Gasteiger partial charge in [0.2, 0.25) is 0 Å². The Balaban J connectivity index is 5.33. The first kappa shape index (κ1) is 24.4. The molecule has 0 unspecified atom stereocenters. The third kappa shape index (κ3) is 6.59. The number of hydrogen-bond donors (Lipinski definition) is 0. The van der Waals surface area contributed by atoms with Crippen LogP contribution in [0.4, 0.5) is 13.2 Å². The summed E-state index contributed by atoms with van der Waals surface area (Å²) in [5, 5.41) is 0. The minimum absolute atomic E-state index is 0.0500. The molecule has 0 saturated heterocycles. The highest BCUT2D eigenvalue weighted by atomic mass is 127. The van der Waals surface area contributed by atoms with Crippen LogP contribution in [0.2, 0.25) is 0 Å². The predicted octanol–water partition coefficient (Wildman–Crippen LogP) is 8.60. The van der Waals surface area contributed by atoms with Crippen LogP contribution in [0.15, 0.2) is 0 Å². The van der Waals surface area contributed by atoms with Crippen LogP contribution >= 0.6 is 203 Å². The SMILES string of the molecule is FC(F)(F)C(I)(I)CC(I)(I)C(I)(I)C(I)(I)I. The average Bonchev–Trinajstić information content (AvgIpc) is 1.96. The molecule has 0 amide bonds. The van der Waals surface area contributed by atoms with Crippen LogP contribution in [0.25, 0.3) is 0 Å². The summed E-state index contributed by atoms with van der Waals surface area (Å²) >= 11 is 18.7. The van der Waals surface area contributed by atoms with E-state index in [-0.39, 0.29) is 7.28 Å². The average molecular weight is 1270 g/mol. The zero-order chi connectivity index (χ0) is 15.2. The Labute approximate surface area is 226 Å². The standard InChI is InChI=1S/C6H2F3I9/c7-5(8,9)3(12,13)1-2(10,11)4(14,15)6(16,17)18/h1H2. The van der Waals surface area contributed by atoms with Crippen molar-refractivity contribution >= 4 is 203 Å². The van der Waals surface area contributed by atoms with E-state index in [4.69, 9.17) is 0 Å². The summed E-state index contributed by atoms with van der Waals surface area (Å²) in [6, 6.07) is 0. The summed E-state index contributed by atoms with van der Waals surface area (Å²) in [5.74, 6) is 0. The molecule has 0 atom stereocenters. The van der Waals surface area contributed by atoms with Crippen LogP contribution in [0.3, 0.4) is 0 Å². The molecule has 0 aromatic heterocycles. The Bertz CT molecular complexity index is 302. The topological polar surface area (TPSA) is 0 Å². The minimum Gasteiger partial charge on any atom is -0.169 e. The van der Waals surface area contributed by atoms with E-state index in [1.165, 1.54) is 45.2 Å². The van der Waals surface area contributed by atoms with Gasteiger partial charge in [0.25, 0.3) is 0 Å². The smallest absolute Gasteiger partial charge is 0.169 e. The van der Waals surface area contributed by atoms with E-state index in [0.717, 1.165) is 0 Å². The van der Waals surface area contributed by atoms with Crippen molar-refractivity contribution in [3.8, 4) is 0 Å². The molecule has 0 aliphatic rings. The summed E-state index contributed by atoms with van der Waals surface area (Å²) < 4.78 is 36.3. The first-order chi connectivity index (χ1) is 7.46. The lowest BCUT2D eigenvalue weighted by Gasteiger charge is -2.43. The lowest BCUT2D eigenvalue weighted by atomic mass is 10.2. The monoisotopic (exact) mass is 1270 g/mol. The Morgan fingerprint density at radius 2 is 0.944 bits per heavy atom. The molecule has 18 heavy (non-hydrogen) atoms. The molecule has 0 fully saturated rings. The first-order valence-corrected chi connectivity index (χ1v) is 13.4. The highest BCUT2D eigenvalue weighted by molar-refractivity contribution is 14.3. The highest BCUT2D eigenvalue weighted by Gasteiger charge is 2.62. The Morgan fingerprint density at radius 3 is 1.17 bits per heavy atom. The van der Waals surface area contributed by atoms with Gasteiger partial charge in [-0.1, -0.05) is 203 Å².